The summed E-state index contributed by atoms with van der Waals surface area (Å²) in [5.41, 5.74) is 0.626. The van der Waals surface area contributed by atoms with Gasteiger partial charge >= 0.3 is 21.6 Å². The van der Waals surface area contributed by atoms with Gasteiger partial charge in [-0.2, -0.15) is 0 Å². The minimum atomic E-state index is -5.26. The van der Waals surface area contributed by atoms with Crippen molar-refractivity contribution in [3.8, 4) is 11.5 Å². The van der Waals surface area contributed by atoms with E-state index >= 15 is 0 Å². The summed E-state index contributed by atoms with van der Waals surface area (Å²) in [6, 6.07) is 1.88. The summed E-state index contributed by atoms with van der Waals surface area (Å²) in [5, 5.41) is 4.12. The summed E-state index contributed by atoms with van der Waals surface area (Å²) < 4.78 is 38.3. The molecule has 0 aromatic heterocycles. The van der Waals surface area contributed by atoms with E-state index in [1.165, 1.54) is 0 Å². The van der Waals surface area contributed by atoms with Crippen LogP contribution in [0.3, 0.4) is 0 Å². The van der Waals surface area contributed by atoms with E-state index in [4.69, 9.17) is 14.1 Å². The highest BCUT2D eigenvalue weighted by Gasteiger charge is 2.29. The topological polar surface area (TPSA) is 202 Å². The second kappa shape index (κ2) is 15.0. The van der Waals surface area contributed by atoms with E-state index in [0.29, 0.717) is 32.4 Å². The van der Waals surface area contributed by atoms with Crippen LogP contribution < -0.4 is 9.05 Å². The molecule has 0 spiro atoms. The molecule has 42 heavy (non-hydrogen) atoms. The number of cyclic esters (lactones) is 1. The molecular weight excluding hydrogens is 594 g/mol. The molecule has 232 valence electrons. The van der Waals surface area contributed by atoms with Gasteiger partial charge in [0, 0.05) is 32.0 Å². The van der Waals surface area contributed by atoms with Crippen LogP contribution in [0.4, 0.5) is 0 Å². The fourth-order valence-corrected chi connectivity index (χ4v) is 5.26. The van der Waals surface area contributed by atoms with Crippen LogP contribution in [0, 0.1) is 0 Å². The van der Waals surface area contributed by atoms with Crippen LogP contribution in [0.2, 0.25) is 0 Å². The minimum absolute atomic E-state index is 0.0389. The molecule has 1 aromatic rings. The lowest BCUT2D eigenvalue weighted by atomic mass is 9.98. The van der Waals surface area contributed by atoms with Gasteiger partial charge in [0.15, 0.2) is 6.61 Å². The quantitative estimate of drug-likeness (QED) is 0.147. The van der Waals surface area contributed by atoms with Gasteiger partial charge in [-0.1, -0.05) is 22.9 Å². The normalized spacial score (nSPS) is 22.2. The van der Waals surface area contributed by atoms with Crippen LogP contribution in [0.25, 0.3) is 0 Å². The number of benzene rings is 1. The number of fused-ring (bicyclic) bond motifs is 1. The number of carbonyl (C=O) groups is 2. The van der Waals surface area contributed by atoms with Crippen LogP contribution in [-0.4, -0.2) is 67.9 Å². The van der Waals surface area contributed by atoms with Crippen molar-refractivity contribution in [2.75, 3.05) is 19.7 Å². The summed E-state index contributed by atoms with van der Waals surface area (Å²) >= 11 is 0. The molecule has 4 N–H and O–H groups in total. The van der Waals surface area contributed by atoms with E-state index in [1.807, 2.05) is 19.1 Å². The molecule has 2 aliphatic rings. The molecule has 1 saturated heterocycles. The van der Waals surface area contributed by atoms with Gasteiger partial charge < -0.3 is 23.5 Å². The van der Waals surface area contributed by atoms with E-state index in [9.17, 15) is 38.3 Å². The van der Waals surface area contributed by atoms with Crippen molar-refractivity contribution < 1.29 is 56.9 Å². The van der Waals surface area contributed by atoms with Crippen LogP contribution in [-0.2, 0) is 29.9 Å². The lowest BCUT2D eigenvalue weighted by molar-refractivity contribution is -0.137. The molecule has 1 atom stereocenters. The molecule has 16 heteroatoms. The molecule has 1 unspecified atom stereocenters. The maximum absolute atomic E-state index is 13.3. The van der Waals surface area contributed by atoms with Gasteiger partial charge in [0.1, 0.15) is 23.2 Å². The SMILES string of the molecule is C/C1=C\C(=N/OCC(=O)N2CCCCC2)Cc2cc(OP(=O)(O)O)cc(OP(=O)(O)O)c2C(=O)OC(C)C/C=C/CC1. The largest absolute Gasteiger partial charge is 0.524 e. The molecule has 0 radical (unpaired) electrons. The molecule has 1 fully saturated rings. The lowest BCUT2D eigenvalue weighted by Gasteiger charge is -2.26. The molecule has 1 amide bonds. The third-order valence-corrected chi connectivity index (χ3v) is 7.20. The molecule has 1 aromatic carbocycles. The van der Waals surface area contributed by atoms with E-state index in [1.54, 1.807) is 17.9 Å². The summed E-state index contributed by atoms with van der Waals surface area (Å²) in [7, 11) is -10.4. The Morgan fingerprint density at radius 2 is 1.76 bits per heavy atom. The van der Waals surface area contributed by atoms with Crippen molar-refractivity contribution in [2.24, 2.45) is 5.16 Å². The van der Waals surface area contributed by atoms with Gasteiger partial charge in [0.05, 0.1) is 5.71 Å². The summed E-state index contributed by atoms with van der Waals surface area (Å²) in [6.45, 7) is 4.41. The first kappa shape index (κ1) is 33.5. The van der Waals surface area contributed by atoms with E-state index in [2.05, 4.69) is 9.68 Å². The maximum atomic E-state index is 13.3. The van der Waals surface area contributed by atoms with E-state index in [-0.39, 0.29) is 30.2 Å². The zero-order valence-corrected chi connectivity index (χ0v) is 25.2. The minimum Gasteiger partial charge on any atom is -0.459 e. The maximum Gasteiger partial charge on any atom is 0.524 e. The number of rotatable bonds is 7. The van der Waals surface area contributed by atoms with Crippen molar-refractivity contribution in [1.29, 1.82) is 0 Å². The van der Waals surface area contributed by atoms with E-state index < -0.39 is 44.8 Å². The number of piperidine rings is 1. The highest BCUT2D eigenvalue weighted by molar-refractivity contribution is 7.47. The molecule has 14 nitrogen and oxygen atoms in total. The van der Waals surface area contributed by atoms with Crippen LogP contribution in [0.1, 0.15) is 68.3 Å². The number of amides is 1. The first-order valence-corrected chi connectivity index (χ1v) is 16.4. The average molecular weight is 631 g/mol. The molecule has 0 saturated carbocycles. The number of oxime groups is 1. The first-order valence-electron chi connectivity index (χ1n) is 13.4. The predicted octanol–water partition coefficient (Wildman–Crippen LogP) is 3.79. The molecular formula is C26H36N2O12P2. The van der Waals surface area contributed by atoms with Gasteiger partial charge in [-0.15, -0.1) is 0 Å². The van der Waals surface area contributed by atoms with Crippen molar-refractivity contribution in [1.82, 2.24) is 4.90 Å². The van der Waals surface area contributed by atoms with E-state index in [0.717, 1.165) is 37.0 Å². The monoisotopic (exact) mass is 630 g/mol. The van der Waals surface area contributed by atoms with Crippen LogP contribution >= 0.6 is 15.6 Å². The Kier molecular flexibility index (Phi) is 11.9. The van der Waals surface area contributed by atoms with Crippen LogP contribution in [0.5, 0.6) is 11.5 Å². The second-order valence-corrected chi connectivity index (χ2v) is 12.4. The standard InChI is InChI=1S/C26H36N2O12P2/c1-18-9-5-3-6-10-19(2)38-26(30)25-20(15-22(39-41(31,32)33)16-23(25)40-42(34,35)36)14-21(13-18)27-37-17-24(29)28-11-7-4-8-12-28/h3,6,13,15-16,19H,4-5,7-12,14,17H2,1-2H3,(H2,31,32,33)(H2,34,35,36)/b6-3+,18-13+,27-21+. The number of likely N-dealkylation sites (tertiary alicyclic amines) is 1. The third-order valence-electron chi connectivity index (χ3n) is 6.31. The third kappa shape index (κ3) is 11.4. The van der Waals surface area contributed by atoms with Crippen molar-refractivity contribution in [3.05, 3.63) is 47.1 Å². The highest BCUT2D eigenvalue weighted by atomic mass is 31.2. The molecule has 0 bridgehead atoms. The van der Waals surface area contributed by atoms with Gasteiger partial charge in [-0.25, -0.2) is 13.9 Å². The fraction of sp³-hybridized carbons (Fsp3) is 0.500. The van der Waals surface area contributed by atoms with Gasteiger partial charge in [0.25, 0.3) is 5.91 Å². The second-order valence-electron chi connectivity index (χ2n) is 10.0. The van der Waals surface area contributed by atoms with Crippen molar-refractivity contribution >= 4 is 33.2 Å². The highest BCUT2D eigenvalue weighted by Crippen LogP contribution is 2.45. The lowest BCUT2D eigenvalue weighted by Crippen LogP contribution is -2.37. The Morgan fingerprint density at radius 1 is 1.07 bits per heavy atom. The van der Waals surface area contributed by atoms with Crippen molar-refractivity contribution in [2.45, 2.75) is 64.9 Å². The molecule has 3 rings (SSSR count). The number of ether oxygens (including phenoxy) is 1. The number of allylic oxidation sites excluding steroid dienone is 3. The number of hydrogen-bond acceptors (Lipinski definition) is 9. The number of carbonyl (C=O) groups excluding carboxylic acids is 2. The molecule has 0 aliphatic carbocycles. The summed E-state index contributed by atoms with van der Waals surface area (Å²) in [6.07, 6.45) is 9.10. The van der Waals surface area contributed by atoms with Crippen molar-refractivity contribution in [3.63, 3.8) is 0 Å². The molecule has 2 aliphatic heterocycles. The Bertz CT molecular complexity index is 1320. The average Bonchev–Trinajstić information content (AvgIpc) is 2.86. The number of nitrogens with zero attached hydrogens (tertiary/aromatic N) is 2. The Labute approximate surface area is 243 Å². The zero-order valence-electron chi connectivity index (χ0n) is 23.4. The number of esters is 1. The molecule has 2 heterocycles. The smallest absolute Gasteiger partial charge is 0.459 e. The fourth-order valence-electron chi connectivity index (χ4n) is 4.48. The van der Waals surface area contributed by atoms with Gasteiger partial charge in [-0.05, 0) is 63.7 Å². The summed E-state index contributed by atoms with van der Waals surface area (Å²) in [5.74, 6) is -2.49. The van der Waals surface area contributed by atoms with Gasteiger partial charge in [0.2, 0.25) is 0 Å². The number of phosphoric acid groups is 2. The Balaban J connectivity index is 2.09. The number of hydrogen-bond donors (Lipinski definition) is 4. The Morgan fingerprint density at radius 3 is 2.43 bits per heavy atom. The summed E-state index contributed by atoms with van der Waals surface area (Å²) in [4.78, 5) is 70.8. The zero-order chi connectivity index (χ0) is 30.9. The first-order chi connectivity index (χ1) is 19.7. The number of phosphoric ester groups is 2. The van der Waals surface area contributed by atoms with Crippen LogP contribution in [0.15, 0.2) is 41.1 Å². The van der Waals surface area contributed by atoms with Gasteiger partial charge in [-0.3, -0.25) is 24.4 Å². The predicted molar refractivity (Wildman–Crippen MR) is 151 cm³/mol. The Hall–Kier alpha value is -2.99.